The van der Waals surface area contributed by atoms with Gasteiger partial charge in [0.15, 0.2) is 5.60 Å². The van der Waals surface area contributed by atoms with Crippen molar-refractivity contribution in [1.29, 1.82) is 0 Å². The lowest BCUT2D eigenvalue weighted by molar-refractivity contribution is 0.0958. The van der Waals surface area contributed by atoms with E-state index < -0.39 is 5.60 Å². The molecule has 1 atom stereocenters. The average Bonchev–Trinajstić information content (AvgIpc) is 2.17. The van der Waals surface area contributed by atoms with Crippen molar-refractivity contribution in [3.05, 3.63) is 35.6 Å². The van der Waals surface area contributed by atoms with Crippen LogP contribution in [0.1, 0.15) is 18.9 Å². The summed E-state index contributed by atoms with van der Waals surface area (Å²) in [5, 5.41) is 9.82. The van der Waals surface area contributed by atoms with Gasteiger partial charge >= 0.3 is 0 Å². The third-order valence-corrected chi connectivity index (χ3v) is 2.05. The fraction of sp³-hybridized carbons (Fsp3) is 0.273. The molecule has 1 nitrogen and oxygen atoms in total. The lowest BCUT2D eigenvalue weighted by atomic mass is 9.92. The van der Waals surface area contributed by atoms with Crippen molar-refractivity contribution >= 4 is 0 Å². The molecule has 0 aliphatic carbocycles. The highest BCUT2D eigenvalue weighted by atomic mass is 19.1. The average molecular weight is 178 g/mol. The van der Waals surface area contributed by atoms with Crippen LogP contribution in [0, 0.1) is 18.2 Å². The Morgan fingerprint density at radius 2 is 2.31 bits per heavy atom. The molecule has 2 heteroatoms. The van der Waals surface area contributed by atoms with Crippen LogP contribution in [-0.2, 0) is 5.60 Å². The van der Waals surface area contributed by atoms with Crippen molar-refractivity contribution in [2.45, 2.75) is 18.9 Å². The number of terminal acetylenes is 1. The van der Waals surface area contributed by atoms with Gasteiger partial charge in [-0.15, -0.1) is 6.42 Å². The van der Waals surface area contributed by atoms with Crippen molar-refractivity contribution in [2.75, 3.05) is 0 Å². The van der Waals surface area contributed by atoms with Gasteiger partial charge in [-0.1, -0.05) is 25.0 Å². The number of rotatable bonds is 2. The Hall–Kier alpha value is -1.33. The maximum atomic E-state index is 12.8. The lowest BCUT2D eigenvalue weighted by Crippen LogP contribution is -2.22. The van der Waals surface area contributed by atoms with Gasteiger partial charge in [-0.25, -0.2) is 4.39 Å². The molecule has 1 rings (SSSR count). The molecule has 0 saturated heterocycles. The van der Waals surface area contributed by atoms with E-state index in [-0.39, 0.29) is 5.82 Å². The quantitative estimate of drug-likeness (QED) is 0.687. The van der Waals surface area contributed by atoms with E-state index in [9.17, 15) is 9.50 Å². The predicted molar refractivity (Wildman–Crippen MR) is 49.4 cm³/mol. The van der Waals surface area contributed by atoms with E-state index in [2.05, 4.69) is 5.92 Å². The third kappa shape index (κ3) is 1.88. The minimum absolute atomic E-state index is 0.368. The molecule has 0 aliphatic heterocycles. The Morgan fingerprint density at radius 1 is 1.62 bits per heavy atom. The summed E-state index contributed by atoms with van der Waals surface area (Å²) in [5.41, 5.74) is -0.917. The summed E-state index contributed by atoms with van der Waals surface area (Å²) in [5.74, 6) is 1.87. The maximum Gasteiger partial charge on any atom is 0.150 e. The molecule has 0 saturated carbocycles. The Labute approximate surface area is 77.2 Å². The molecule has 1 N–H and O–H groups in total. The van der Waals surface area contributed by atoms with Gasteiger partial charge in [0.05, 0.1) is 0 Å². The van der Waals surface area contributed by atoms with Crippen LogP contribution in [0.25, 0.3) is 0 Å². The topological polar surface area (TPSA) is 20.2 Å². The summed E-state index contributed by atoms with van der Waals surface area (Å²) in [6.45, 7) is 1.75. The van der Waals surface area contributed by atoms with E-state index in [0.29, 0.717) is 12.0 Å². The van der Waals surface area contributed by atoms with Crippen LogP contribution in [0.5, 0.6) is 0 Å². The Bertz CT molecular complexity index is 340. The fourth-order valence-corrected chi connectivity index (χ4v) is 1.14. The van der Waals surface area contributed by atoms with E-state index >= 15 is 0 Å². The van der Waals surface area contributed by atoms with Gasteiger partial charge in [0.1, 0.15) is 5.82 Å². The summed E-state index contributed by atoms with van der Waals surface area (Å²) in [6.07, 6.45) is 5.55. The second-order valence-corrected chi connectivity index (χ2v) is 2.87. The molecule has 0 aliphatic rings. The largest absolute Gasteiger partial charge is 0.373 e. The van der Waals surface area contributed by atoms with Crippen LogP contribution in [0.3, 0.4) is 0 Å². The molecule has 0 heterocycles. The number of hydrogen-bond acceptors (Lipinski definition) is 1. The molecule has 0 radical (unpaired) electrons. The molecular formula is C11H11FO. The number of benzene rings is 1. The summed E-state index contributed by atoms with van der Waals surface area (Å²) in [7, 11) is 0. The van der Waals surface area contributed by atoms with Crippen LogP contribution in [-0.4, -0.2) is 5.11 Å². The summed E-state index contributed by atoms with van der Waals surface area (Å²) < 4.78 is 12.8. The lowest BCUT2D eigenvalue weighted by Gasteiger charge is -2.20. The Morgan fingerprint density at radius 3 is 2.77 bits per heavy atom. The van der Waals surface area contributed by atoms with Crippen LogP contribution in [0.4, 0.5) is 4.39 Å². The number of halogens is 1. The molecule has 0 aromatic heterocycles. The van der Waals surface area contributed by atoms with Crippen molar-refractivity contribution in [3.63, 3.8) is 0 Å². The molecule has 13 heavy (non-hydrogen) atoms. The highest BCUT2D eigenvalue weighted by Gasteiger charge is 2.23. The van der Waals surface area contributed by atoms with Gasteiger partial charge in [0.25, 0.3) is 0 Å². The molecule has 0 spiro atoms. The molecule has 0 bridgehead atoms. The first-order valence-corrected chi connectivity index (χ1v) is 4.08. The van der Waals surface area contributed by atoms with Crippen molar-refractivity contribution in [2.24, 2.45) is 0 Å². The van der Waals surface area contributed by atoms with Crippen LogP contribution in [0.2, 0.25) is 0 Å². The van der Waals surface area contributed by atoms with Crippen LogP contribution >= 0.6 is 0 Å². The van der Waals surface area contributed by atoms with Gasteiger partial charge in [-0.2, -0.15) is 0 Å². The highest BCUT2D eigenvalue weighted by molar-refractivity contribution is 5.30. The first-order chi connectivity index (χ1) is 6.12. The van der Waals surface area contributed by atoms with Gasteiger partial charge in [0.2, 0.25) is 0 Å². The third-order valence-electron chi connectivity index (χ3n) is 2.05. The molecule has 1 aromatic carbocycles. The predicted octanol–water partition coefficient (Wildman–Crippen LogP) is 2.06. The standard InChI is InChI=1S/C11H11FO/c1-3-11(13,4-2)9-6-5-7-10(12)8-9/h1,5-8,13H,4H2,2H3/t11-/m1/s1. The molecular weight excluding hydrogens is 167 g/mol. The summed E-state index contributed by atoms with van der Waals surface area (Å²) >= 11 is 0. The molecule has 0 amide bonds. The van der Waals surface area contributed by atoms with Crippen LogP contribution < -0.4 is 0 Å². The molecule has 0 unspecified atom stereocenters. The van der Waals surface area contributed by atoms with Gasteiger partial charge in [0, 0.05) is 0 Å². The van der Waals surface area contributed by atoms with E-state index in [4.69, 9.17) is 6.42 Å². The normalized spacial score (nSPS) is 14.6. The smallest absolute Gasteiger partial charge is 0.150 e. The zero-order chi connectivity index (χ0) is 9.90. The van der Waals surface area contributed by atoms with Gasteiger partial charge in [-0.3, -0.25) is 0 Å². The van der Waals surface area contributed by atoms with E-state index in [1.807, 2.05) is 0 Å². The Kier molecular flexibility index (Phi) is 2.69. The van der Waals surface area contributed by atoms with Crippen molar-refractivity contribution in [1.82, 2.24) is 0 Å². The molecule has 0 fully saturated rings. The second-order valence-electron chi connectivity index (χ2n) is 2.87. The molecule has 68 valence electrons. The van der Waals surface area contributed by atoms with Gasteiger partial charge in [-0.05, 0) is 24.1 Å². The minimum Gasteiger partial charge on any atom is -0.373 e. The highest BCUT2D eigenvalue weighted by Crippen LogP contribution is 2.24. The molecule has 1 aromatic rings. The van der Waals surface area contributed by atoms with Crippen molar-refractivity contribution in [3.8, 4) is 12.3 Å². The summed E-state index contributed by atoms with van der Waals surface area (Å²) in [4.78, 5) is 0. The van der Waals surface area contributed by atoms with Crippen LogP contribution in [0.15, 0.2) is 24.3 Å². The first kappa shape index (κ1) is 9.76. The monoisotopic (exact) mass is 178 g/mol. The zero-order valence-corrected chi connectivity index (χ0v) is 7.42. The van der Waals surface area contributed by atoms with E-state index in [0.717, 1.165) is 0 Å². The fourth-order valence-electron chi connectivity index (χ4n) is 1.14. The van der Waals surface area contributed by atoms with Gasteiger partial charge < -0.3 is 5.11 Å². The van der Waals surface area contributed by atoms with E-state index in [1.54, 1.807) is 13.0 Å². The summed E-state index contributed by atoms with van der Waals surface area (Å²) in [6, 6.07) is 5.72. The minimum atomic E-state index is -1.35. The first-order valence-electron chi connectivity index (χ1n) is 4.08. The maximum absolute atomic E-state index is 12.8. The number of hydrogen-bond donors (Lipinski definition) is 1. The Balaban J connectivity index is 3.14. The van der Waals surface area contributed by atoms with E-state index in [1.165, 1.54) is 18.2 Å². The zero-order valence-electron chi connectivity index (χ0n) is 7.42. The van der Waals surface area contributed by atoms with Crippen molar-refractivity contribution < 1.29 is 9.50 Å². The number of aliphatic hydroxyl groups is 1. The SMILES string of the molecule is C#C[C@@](O)(CC)c1cccc(F)c1. The second kappa shape index (κ2) is 3.59.